The Kier molecular flexibility index (Phi) is 10.7. The molecule has 0 saturated carbocycles. The molecule has 2 aromatic carbocycles. The number of allylic oxidation sites excluding steroid dienone is 2. The van der Waals surface area contributed by atoms with Gasteiger partial charge in [-0.25, -0.2) is 8.42 Å². The maximum Gasteiger partial charge on any atom is 0.215 e. The minimum atomic E-state index is -3.90. The van der Waals surface area contributed by atoms with Crippen molar-refractivity contribution in [2.75, 3.05) is 0 Å². The first kappa shape index (κ1) is 27.1. The van der Waals surface area contributed by atoms with E-state index in [9.17, 15) is 8.42 Å². The number of unbranched alkanes of at least 4 members (excludes halogenated alkanes) is 4. The van der Waals surface area contributed by atoms with Crippen molar-refractivity contribution in [1.82, 2.24) is 0 Å². The Balaban J connectivity index is 2.87. The third kappa shape index (κ3) is 7.42. The first-order valence-electron chi connectivity index (χ1n) is 11.9. The van der Waals surface area contributed by atoms with Crippen LogP contribution in [0.25, 0.3) is 5.57 Å². The Morgan fingerprint density at radius 1 is 0.794 bits per heavy atom. The van der Waals surface area contributed by atoms with Gasteiger partial charge >= 0.3 is 0 Å². The van der Waals surface area contributed by atoms with Crippen LogP contribution in [0.1, 0.15) is 74.6 Å². The molecular formula is C31H34O2S. The van der Waals surface area contributed by atoms with Crippen LogP contribution in [-0.4, -0.2) is 8.42 Å². The van der Waals surface area contributed by atoms with Gasteiger partial charge in [-0.2, -0.15) is 0 Å². The summed E-state index contributed by atoms with van der Waals surface area (Å²) >= 11 is 0. The third-order valence-electron chi connectivity index (χ3n) is 5.33. The smallest absolute Gasteiger partial charge is 0.215 e. The number of aryl methyl sites for hydroxylation is 3. The third-order valence-corrected chi connectivity index (χ3v) is 7.06. The van der Waals surface area contributed by atoms with Crippen molar-refractivity contribution in [3.8, 4) is 35.5 Å². The van der Waals surface area contributed by atoms with E-state index in [0.717, 1.165) is 54.4 Å². The van der Waals surface area contributed by atoms with E-state index in [0.29, 0.717) is 12.0 Å². The lowest BCUT2D eigenvalue weighted by atomic mass is 9.93. The van der Waals surface area contributed by atoms with Crippen LogP contribution in [0.4, 0.5) is 0 Å². The van der Waals surface area contributed by atoms with Crippen molar-refractivity contribution < 1.29 is 8.42 Å². The molecule has 34 heavy (non-hydrogen) atoms. The van der Waals surface area contributed by atoms with Crippen LogP contribution in [0.2, 0.25) is 0 Å². The minimum absolute atomic E-state index is 0.0162. The Morgan fingerprint density at radius 2 is 1.38 bits per heavy atom. The van der Waals surface area contributed by atoms with E-state index in [4.69, 9.17) is 0 Å². The lowest BCUT2D eigenvalue weighted by molar-refractivity contribution is 0.603. The molecule has 176 valence electrons. The van der Waals surface area contributed by atoms with Gasteiger partial charge in [-0.15, -0.1) is 0 Å². The Bertz CT molecular complexity index is 1290. The highest BCUT2D eigenvalue weighted by Crippen LogP contribution is 2.31. The molecule has 0 heterocycles. The molecular weight excluding hydrogens is 436 g/mol. The summed E-state index contributed by atoms with van der Waals surface area (Å²) in [5, 5.41) is 0. The zero-order chi connectivity index (χ0) is 25.0. The van der Waals surface area contributed by atoms with E-state index in [1.54, 1.807) is 30.3 Å². The number of sulfone groups is 1. The van der Waals surface area contributed by atoms with Gasteiger partial charge in [0.15, 0.2) is 0 Å². The molecule has 0 N–H and O–H groups in total. The topological polar surface area (TPSA) is 34.1 Å². The monoisotopic (exact) mass is 470 g/mol. The van der Waals surface area contributed by atoms with Crippen molar-refractivity contribution in [3.63, 3.8) is 0 Å². The number of benzene rings is 2. The SMILES string of the molecule is CCCCC#CC#C/C(=C(/C#CCCCC)c1c(C)cc(C)cc1C)S(=O)(=O)c1ccccc1. The maximum absolute atomic E-state index is 13.8. The molecule has 0 bridgehead atoms. The number of hydrogen-bond donors (Lipinski definition) is 0. The van der Waals surface area contributed by atoms with Crippen molar-refractivity contribution in [1.29, 1.82) is 0 Å². The lowest BCUT2D eigenvalue weighted by Gasteiger charge is -2.14. The van der Waals surface area contributed by atoms with E-state index < -0.39 is 9.84 Å². The van der Waals surface area contributed by atoms with Gasteiger partial charge < -0.3 is 0 Å². The molecule has 0 atom stereocenters. The van der Waals surface area contributed by atoms with E-state index in [1.165, 1.54) is 0 Å². The summed E-state index contributed by atoms with van der Waals surface area (Å²) in [4.78, 5) is 0.219. The highest BCUT2D eigenvalue weighted by Gasteiger charge is 2.25. The van der Waals surface area contributed by atoms with E-state index in [2.05, 4.69) is 61.5 Å². The summed E-state index contributed by atoms with van der Waals surface area (Å²) in [6.45, 7) is 10.2. The van der Waals surface area contributed by atoms with Crippen LogP contribution in [0.3, 0.4) is 0 Å². The summed E-state index contributed by atoms with van der Waals surface area (Å²) in [5.74, 6) is 18.0. The zero-order valence-electron chi connectivity index (χ0n) is 21.0. The van der Waals surface area contributed by atoms with Gasteiger partial charge in [0.1, 0.15) is 4.91 Å². The highest BCUT2D eigenvalue weighted by atomic mass is 32.2. The van der Waals surface area contributed by atoms with Gasteiger partial charge in [-0.1, -0.05) is 80.3 Å². The summed E-state index contributed by atoms with van der Waals surface area (Å²) in [7, 11) is -3.90. The molecule has 2 rings (SSSR count). The molecule has 0 spiro atoms. The van der Waals surface area contributed by atoms with Gasteiger partial charge in [0, 0.05) is 12.8 Å². The van der Waals surface area contributed by atoms with Crippen LogP contribution in [0, 0.1) is 56.3 Å². The molecule has 0 amide bonds. The summed E-state index contributed by atoms with van der Waals surface area (Å²) in [6, 6.07) is 12.5. The average Bonchev–Trinajstić information content (AvgIpc) is 2.80. The van der Waals surface area contributed by atoms with Crippen LogP contribution >= 0.6 is 0 Å². The molecule has 0 aliphatic carbocycles. The predicted octanol–water partition coefficient (Wildman–Crippen LogP) is 7.19. The van der Waals surface area contributed by atoms with Crippen molar-refractivity contribution in [2.24, 2.45) is 0 Å². The number of rotatable bonds is 7. The molecule has 0 fully saturated rings. The Hall–Kier alpha value is -3.19. The quantitative estimate of drug-likeness (QED) is 0.317. The molecule has 0 radical (unpaired) electrons. The van der Waals surface area contributed by atoms with Crippen LogP contribution in [0.5, 0.6) is 0 Å². The normalized spacial score (nSPS) is 11.2. The predicted molar refractivity (Wildman–Crippen MR) is 144 cm³/mol. The molecule has 3 heteroatoms. The van der Waals surface area contributed by atoms with Crippen LogP contribution < -0.4 is 0 Å². The first-order valence-corrected chi connectivity index (χ1v) is 13.4. The minimum Gasteiger partial charge on any atom is -0.218 e. The summed E-state index contributed by atoms with van der Waals surface area (Å²) < 4.78 is 27.6. The molecule has 2 aromatic rings. The highest BCUT2D eigenvalue weighted by molar-refractivity contribution is 7.95. The standard InChI is InChI=1S/C31H34O2S/c1-6-8-10-12-13-18-22-30(34(32,33)28-19-15-14-16-20-28)29(21-17-11-9-7-2)31-26(4)23-25(3)24-27(31)5/h14-16,19-20,23-24H,6-11H2,1-5H3/b30-29+. The largest absolute Gasteiger partial charge is 0.218 e. The van der Waals surface area contributed by atoms with Crippen LogP contribution in [0.15, 0.2) is 52.3 Å². The molecule has 2 nitrogen and oxygen atoms in total. The molecule has 0 aliphatic rings. The second-order valence-corrected chi connectivity index (χ2v) is 10.2. The van der Waals surface area contributed by atoms with Gasteiger partial charge in [0.05, 0.1) is 10.5 Å². The van der Waals surface area contributed by atoms with Gasteiger partial charge in [0.2, 0.25) is 9.84 Å². The second kappa shape index (κ2) is 13.5. The van der Waals surface area contributed by atoms with Gasteiger partial charge in [-0.3, -0.25) is 0 Å². The first-order chi connectivity index (χ1) is 16.3. The molecule has 0 aromatic heterocycles. The summed E-state index contributed by atoms with van der Waals surface area (Å²) in [6.07, 6.45) is 5.48. The Morgan fingerprint density at radius 3 is 1.97 bits per heavy atom. The second-order valence-electron chi connectivity index (χ2n) is 8.35. The lowest BCUT2D eigenvalue weighted by Crippen LogP contribution is -2.08. The fraction of sp³-hybridized carbons (Fsp3) is 0.355. The van der Waals surface area contributed by atoms with E-state index in [-0.39, 0.29) is 9.80 Å². The molecule has 0 saturated heterocycles. The number of hydrogen-bond acceptors (Lipinski definition) is 2. The Labute approximate surface area is 206 Å². The fourth-order valence-corrected chi connectivity index (χ4v) is 5.02. The molecule has 0 aliphatic heterocycles. The maximum atomic E-state index is 13.8. The van der Waals surface area contributed by atoms with E-state index >= 15 is 0 Å². The van der Waals surface area contributed by atoms with Gasteiger partial charge in [-0.05, 0) is 80.2 Å². The zero-order valence-corrected chi connectivity index (χ0v) is 21.8. The summed E-state index contributed by atoms with van der Waals surface area (Å²) in [5.41, 5.74) is 4.37. The average molecular weight is 471 g/mol. The van der Waals surface area contributed by atoms with Crippen molar-refractivity contribution in [2.45, 2.75) is 78.0 Å². The van der Waals surface area contributed by atoms with Crippen molar-refractivity contribution >= 4 is 15.4 Å². The van der Waals surface area contributed by atoms with Crippen LogP contribution in [-0.2, 0) is 9.84 Å². The van der Waals surface area contributed by atoms with Gasteiger partial charge in [0.25, 0.3) is 0 Å². The van der Waals surface area contributed by atoms with E-state index in [1.807, 2.05) is 20.8 Å². The molecule has 0 unspecified atom stereocenters. The van der Waals surface area contributed by atoms with Crippen molar-refractivity contribution in [3.05, 3.63) is 69.6 Å². The fourth-order valence-electron chi connectivity index (χ4n) is 3.66.